The van der Waals surface area contributed by atoms with Gasteiger partial charge in [-0.05, 0) is 49.1 Å². The van der Waals surface area contributed by atoms with Gasteiger partial charge in [0.2, 0.25) is 0 Å². The van der Waals surface area contributed by atoms with Crippen LogP contribution in [0, 0.1) is 11.3 Å². The molecule has 1 aromatic carbocycles. The smallest absolute Gasteiger partial charge is 0.410 e. The molecule has 2 fully saturated rings. The molecule has 1 amide bonds. The minimum absolute atomic E-state index is 0.330. The fourth-order valence-electron chi connectivity index (χ4n) is 2.47. The first-order chi connectivity index (χ1) is 8.28. The molecule has 0 radical (unpaired) electrons. The summed E-state index contributed by atoms with van der Waals surface area (Å²) in [5.41, 5.74) is 0.426. The Labute approximate surface area is 101 Å². The number of carbonyl (C=O) groups excluding carboxylic acids is 1. The Morgan fingerprint density at radius 2 is 2.00 bits per heavy atom. The number of benzene rings is 1. The van der Waals surface area contributed by atoms with E-state index in [4.69, 9.17) is 4.74 Å². The Morgan fingerprint density at radius 1 is 1.29 bits per heavy atom. The quantitative estimate of drug-likeness (QED) is 0.865. The van der Waals surface area contributed by atoms with E-state index in [0.717, 1.165) is 12.5 Å². The standard InChI is InChI=1S/C14H17NO2/c16-13(17-12-4-2-1-3-5-12)15-10-14(8-9-14)11-6-7-11/h1-5,11H,6-10H2,(H,15,16). The van der Waals surface area contributed by atoms with Crippen LogP contribution in [0.1, 0.15) is 25.7 Å². The Balaban J connectivity index is 1.48. The number of hydrogen-bond acceptors (Lipinski definition) is 2. The fraction of sp³-hybridized carbons (Fsp3) is 0.500. The van der Waals surface area contributed by atoms with Gasteiger partial charge in [-0.2, -0.15) is 0 Å². The van der Waals surface area contributed by atoms with Crippen molar-refractivity contribution in [2.24, 2.45) is 11.3 Å². The van der Waals surface area contributed by atoms with Crippen molar-refractivity contribution in [3.05, 3.63) is 30.3 Å². The highest BCUT2D eigenvalue weighted by Gasteiger charge is 2.53. The number of nitrogens with one attached hydrogen (secondary N) is 1. The molecule has 0 atom stereocenters. The zero-order chi connectivity index (χ0) is 11.7. The molecule has 2 saturated carbocycles. The first kappa shape index (κ1) is 10.6. The van der Waals surface area contributed by atoms with Crippen LogP contribution < -0.4 is 10.1 Å². The van der Waals surface area contributed by atoms with Crippen molar-refractivity contribution in [2.45, 2.75) is 25.7 Å². The lowest BCUT2D eigenvalue weighted by Crippen LogP contribution is -2.33. The van der Waals surface area contributed by atoms with Crippen LogP contribution in [0.5, 0.6) is 5.75 Å². The molecule has 3 nitrogen and oxygen atoms in total. The highest BCUT2D eigenvalue weighted by atomic mass is 16.6. The normalized spacial score (nSPS) is 20.7. The van der Waals surface area contributed by atoms with Gasteiger partial charge >= 0.3 is 6.09 Å². The highest BCUT2D eigenvalue weighted by molar-refractivity contribution is 5.70. The van der Waals surface area contributed by atoms with Crippen molar-refractivity contribution in [1.82, 2.24) is 5.32 Å². The minimum atomic E-state index is -0.330. The zero-order valence-electron chi connectivity index (χ0n) is 9.82. The molecule has 2 aliphatic carbocycles. The molecular weight excluding hydrogens is 214 g/mol. The van der Waals surface area contributed by atoms with Crippen molar-refractivity contribution in [3.8, 4) is 5.75 Å². The van der Waals surface area contributed by atoms with Crippen molar-refractivity contribution in [3.63, 3.8) is 0 Å². The summed E-state index contributed by atoms with van der Waals surface area (Å²) in [5, 5.41) is 2.89. The van der Waals surface area contributed by atoms with Crippen LogP contribution in [0.25, 0.3) is 0 Å². The number of amides is 1. The summed E-state index contributed by atoms with van der Waals surface area (Å²) in [5.74, 6) is 1.46. The maximum atomic E-state index is 11.6. The maximum absolute atomic E-state index is 11.6. The molecule has 0 saturated heterocycles. The summed E-state index contributed by atoms with van der Waals surface area (Å²) >= 11 is 0. The average Bonchev–Trinajstić information content (AvgIpc) is 3.20. The van der Waals surface area contributed by atoms with Crippen molar-refractivity contribution in [2.75, 3.05) is 6.54 Å². The summed E-state index contributed by atoms with van der Waals surface area (Å²) < 4.78 is 5.19. The maximum Gasteiger partial charge on any atom is 0.412 e. The molecule has 3 rings (SSSR count). The first-order valence-corrected chi connectivity index (χ1v) is 6.29. The second kappa shape index (κ2) is 4.06. The Bertz CT molecular complexity index is 407. The monoisotopic (exact) mass is 231 g/mol. The first-order valence-electron chi connectivity index (χ1n) is 6.29. The molecule has 17 heavy (non-hydrogen) atoms. The predicted molar refractivity (Wildman–Crippen MR) is 64.9 cm³/mol. The average molecular weight is 231 g/mol. The fourth-order valence-corrected chi connectivity index (χ4v) is 2.47. The third kappa shape index (κ3) is 2.43. The largest absolute Gasteiger partial charge is 0.412 e. The van der Waals surface area contributed by atoms with Gasteiger partial charge in [0, 0.05) is 6.54 Å². The van der Waals surface area contributed by atoms with Gasteiger partial charge < -0.3 is 10.1 Å². The number of rotatable bonds is 4. The molecule has 0 aromatic heterocycles. The second-order valence-electron chi connectivity index (χ2n) is 5.19. The van der Waals surface area contributed by atoms with E-state index in [0.29, 0.717) is 11.2 Å². The van der Waals surface area contributed by atoms with E-state index in [1.54, 1.807) is 12.1 Å². The zero-order valence-corrected chi connectivity index (χ0v) is 9.82. The Morgan fingerprint density at radius 3 is 2.59 bits per heavy atom. The second-order valence-corrected chi connectivity index (χ2v) is 5.19. The molecule has 0 aliphatic heterocycles. The van der Waals surface area contributed by atoms with Gasteiger partial charge in [0.25, 0.3) is 0 Å². The van der Waals surface area contributed by atoms with E-state index >= 15 is 0 Å². The lowest BCUT2D eigenvalue weighted by Gasteiger charge is -2.14. The lowest BCUT2D eigenvalue weighted by atomic mass is 10.0. The van der Waals surface area contributed by atoms with Crippen LogP contribution in [0.4, 0.5) is 4.79 Å². The van der Waals surface area contributed by atoms with Gasteiger partial charge in [0.05, 0.1) is 0 Å². The highest BCUT2D eigenvalue weighted by Crippen LogP contribution is 2.60. The third-order valence-electron chi connectivity index (χ3n) is 3.87. The van der Waals surface area contributed by atoms with Gasteiger partial charge in [-0.3, -0.25) is 0 Å². The molecule has 2 aliphatic rings. The molecular formula is C14H17NO2. The van der Waals surface area contributed by atoms with Crippen LogP contribution in [-0.2, 0) is 0 Å². The van der Waals surface area contributed by atoms with E-state index < -0.39 is 0 Å². The van der Waals surface area contributed by atoms with Gasteiger partial charge in [-0.15, -0.1) is 0 Å². The molecule has 0 spiro atoms. The minimum Gasteiger partial charge on any atom is -0.410 e. The molecule has 1 aromatic rings. The Kier molecular flexibility index (Phi) is 2.54. The summed E-state index contributed by atoms with van der Waals surface area (Å²) in [6.07, 6.45) is 4.89. The molecule has 3 heteroatoms. The molecule has 0 unspecified atom stereocenters. The van der Waals surface area contributed by atoms with Crippen LogP contribution in [0.2, 0.25) is 0 Å². The van der Waals surface area contributed by atoms with Crippen molar-refractivity contribution < 1.29 is 9.53 Å². The number of ether oxygens (including phenoxy) is 1. The number of para-hydroxylation sites is 1. The molecule has 1 N–H and O–H groups in total. The van der Waals surface area contributed by atoms with E-state index in [2.05, 4.69) is 5.32 Å². The lowest BCUT2D eigenvalue weighted by molar-refractivity contribution is 0.196. The van der Waals surface area contributed by atoms with Gasteiger partial charge in [-0.1, -0.05) is 18.2 Å². The van der Waals surface area contributed by atoms with Gasteiger partial charge in [0.1, 0.15) is 5.75 Å². The van der Waals surface area contributed by atoms with E-state index in [1.807, 2.05) is 18.2 Å². The van der Waals surface area contributed by atoms with Crippen LogP contribution in [-0.4, -0.2) is 12.6 Å². The van der Waals surface area contributed by atoms with Gasteiger partial charge in [0.15, 0.2) is 0 Å². The Hall–Kier alpha value is -1.51. The SMILES string of the molecule is O=C(NCC1(C2CC2)CC1)Oc1ccccc1. The van der Waals surface area contributed by atoms with Crippen LogP contribution >= 0.6 is 0 Å². The topological polar surface area (TPSA) is 38.3 Å². The summed E-state index contributed by atoms with van der Waals surface area (Å²) in [6, 6.07) is 9.18. The van der Waals surface area contributed by atoms with Gasteiger partial charge in [-0.25, -0.2) is 4.79 Å². The third-order valence-corrected chi connectivity index (χ3v) is 3.87. The molecule has 90 valence electrons. The van der Waals surface area contributed by atoms with Crippen LogP contribution in [0.3, 0.4) is 0 Å². The van der Waals surface area contributed by atoms with Crippen LogP contribution in [0.15, 0.2) is 30.3 Å². The summed E-state index contributed by atoms with van der Waals surface area (Å²) in [7, 11) is 0. The molecule has 0 heterocycles. The predicted octanol–water partition coefficient (Wildman–Crippen LogP) is 2.97. The van der Waals surface area contributed by atoms with E-state index in [1.165, 1.54) is 25.7 Å². The molecule has 0 bridgehead atoms. The van der Waals surface area contributed by atoms with Crippen molar-refractivity contribution >= 4 is 6.09 Å². The van der Waals surface area contributed by atoms with E-state index in [9.17, 15) is 4.79 Å². The number of carbonyl (C=O) groups is 1. The summed E-state index contributed by atoms with van der Waals surface area (Å²) in [4.78, 5) is 11.6. The number of hydrogen-bond donors (Lipinski definition) is 1. The van der Waals surface area contributed by atoms with E-state index in [-0.39, 0.29) is 6.09 Å². The summed E-state index contributed by atoms with van der Waals surface area (Å²) in [6.45, 7) is 0.781. The van der Waals surface area contributed by atoms with Crippen molar-refractivity contribution in [1.29, 1.82) is 0 Å².